The number of benzene rings is 1. The molecule has 0 saturated carbocycles. The van der Waals surface area contributed by atoms with Gasteiger partial charge in [0.25, 0.3) is 0 Å². The quantitative estimate of drug-likeness (QED) is 0.620. The summed E-state index contributed by atoms with van der Waals surface area (Å²) in [5.74, 6) is -0.279. The maximum absolute atomic E-state index is 11.4. The smallest absolute Gasteiger partial charge is 0.320 e. The number of hydrogen-bond donors (Lipinski definition) is 0. The van der Waals surface area contributed by atoms with Crippen LogP contribution in [0.2, 0.25) is 10.0 Å². The Balaban J connectivity index is 2.69. The molecule has 5 heteroatoms. The number of carbonyl (C=O) groups is 1. The van der Waals surface area contributed by atoms with Crippen LogP contribution in [0.15, 0.2) is 18.2 Å². The third-order valence-corrected chi connectivity index (χ3v) is 3.01. The minimum absolute atomic E-state index is 0.279. The highest BCUT2D eigenvalue weighted by atomic mass is 79.9. The number of ether oxygens (including phenoxy) is 1. The van der Waals surface area contributed by atoms with Gasteiger partial charge in [-0.05, 0) is 37.1 Å². The van der Waals surface area contributed by atoms with E-state index in [9.17, 15) is 4.79 Å². The molecule has 1 unspecified atom stereocenters. The molecule has 0 aromatic heterocycles. The predicted molar refractivity (Wildman–Crippen MR) is 69.5 cm³/mol. The monoisotopic (exact) mass is 324 g/mol. The van der Waals surface area contributed by atoms with Crippen LogP contribution in [-0.4, -0.2) is 17.4 Å². The summed E-state index contributed by atoms with van der Waals surface area (Å²) in [6.45, 7) is 2.14. The summed E-state index contributed by atoms with van der Waals surface area (Å²) in [6, 6.07) is 5.21. The molecule has 0 radical (unpaired) electrons. The van der Waals surface area contributed by atoms with Crippen molar-refractivity contribution < 1.29 is 9.53 Å². The Morgan fingerprint density at radius 1 is 1.38 bits per heavy atom. The number of halogens is 3. The molecule has 88 valence electrons. The Morgan fingerprint density at radius 2 is 1.94 bits per heavy atom. The zero-order valence-corrected chi connectivity index (χ0v) is 11.8. The average Bonchev–Trinajstić information content (AvgIpc) is 2.16. The first-order valence-corrected chi connectivity index (χ1v) is 6.45. The molecule has 2 nitrogen and oxygen atoms in total. The molecule has 1 rings (SSSR count). The zero-order valence-electron chi connectivity index (χ0n) is 8.67. The Labute approximate surface area is 113 Å². The standard InChI is InChI=1S/C11H11BrCl2O2/c1-2-16-11(15)10(12)5-7-3-8(13)6-9(14)4-7/h3-4,6,10H,2,5H2,1H3. The highest BCUT2D eigenvalue weighted by Crippen LogP contribution is 2.21. The fourth-order valence-electron chi connectivity index (χ4n) is 1.25. The van der Waals surface area contributed by atoms with Crippen molar-refractivity contribution in [3.05, 3.63) is 33.8 Å². The Bertz CT molecular complexity index is 362. The van der Waals surface area contributed by atoms with Gasteiger partial charge in [0.15, 0.2) is 0 Å². The number of hydrogen-bond acceptors (Lipinski definition) is 2. The van der Waals surface area contributed by atoms with Gasteiger partial charge in [-0.25, -0.2) is 0 Å². The highest BCUT2D eigenvalue weighted by Gasteiger charge is 2.16. The summed E-state index contributed by atoms with van der Waals surface area (Å²) in [5.41, 5.74) is 0.896. The van der Waals surface area contributed by atoms with E-state index in [1.54, 1.807) is 25.1 Å². The van der Waals surface area contributed by atoms with E-state index >= 15 is 0 Å². The van der Waals surface area contributed by atoms with Crippen molar-refractivity contribution in [1.29, 1.82) is 0 Å². The van der Waals surface area contributed by atoms with Crippen LogP contribution in [0.5, 0.6) is 0 Å². The fraction of sp³-hybridized carbons (Fsp3) is 0.364. The van der Waals surface area contributed by atoms with E-state index in [-0.39, 0.29) is 10.8 Å². The number of rotatable bonds is 4. The van der Waals surface area contributed by atoms with E-state index in [1.807, 2.05) is 0 Å². The Hall–Kier alpha value is -0.250. The highest BCUT2D eigenvalue weighted by molar-refractivity contribution is 9.10. The van der Waals surface area contributed by atoms with Crippen LogP contribution in [0.3, 0.4) is 0 Å². The van der Waals surface area contributed by atoms with Gasteiger partial charge in [0.05, 0.1) is 6.61 Å². The molecule has 0 heterocycles. The molecule has 0 amide bonds. The van der Waals surface area contributed by atoms with Crippen molar-refractivity contribution in [2.75, 3.05) is 6.61 Å². The summed E-state index contributed by atoms with van der Waals surface area (Å²) in [5, 5.41) is 1.12. The van der Waals surface area contributed by atoms with Crippen molar-refractivity contribution >= 4 is 45.1 Å². The van der Waals surface area contributed by atoms with E-state index in [1.165, 1.54) is 0 Å². The maximum atomic E-state index is 11.4. The zero-order chi connectivity index (χ0) is 12.1. The Morgan fingerprint density at radius 3 is 2.44 bits per heavy atom. The summed E-state index contributed by atoms with van der Waals surface area (Å²) >= 11 is 15.0. The molecule has 0 aliphatic carbocycles. The predicted octanol–water partition coefficient (Wildman–Crippen LogP) is 3.86. The van der Waals surface area contributed by atoms with Gasteiger partial charge in [0.1, 0.15) is 4.83 Å². The fourth-order valence-corrected chi connectivity index (χ4v) is 2.33. The van der Waals surface area contributed by atoms with Gasteiger partial charge < -0.3 is 4.74 Å². The summed E-state index contributed by atoms with van der Waals surface area (Å²) < 4.78 is 4.88. The molecule has 16 heavy (non-hydrogen) atoms. The van der Waals surface area contributed by atoms with Gasteiger partial charge >= 0.3 is 5.97 Å². The van der Waals surface area contributed by atoms with Crippen LogP contribution >= 0.6 is 39.1 Å². The normalized spacial score (nSPS) is 12.2. The first-order chi connectivity index (χ1) is 7.52. The minimum atomic E-state index is -0.373. The molecule has 0 aliphatic rings. The first kappa shape index (κ1) is 13.8. The van der Waals surface area contributed by atoms with Crippen LogP contribution in [0.4, 0.5) is 0 Å². The lowest BCUT2D eigenvalue weighted by Gasteiger charge is -2.09. The summed E-state index contributed by atoms with van der Waals surface area (Å²) in [4.78, 5) is 11.0. The molecule has 1 aromatic carbocycles. The van der Waals surface area contributed by atoms with Crippen LogP contribution in [0.25, 0.3) is 0 Å². The van der Waals surface area contributed by atoms with E-state index in [0.29, 0.717) is 23.1 Å². The van der Waals surface area contributed by atoms with Crippen molar-refractivity contribution in [3.8, 4) is 0 Å². The first-order valence-electron chi connectivity index (χ1n) is 4.78. The lowest BCUT2D eigenvalue weighted by Crippen LogP contribution is -2.19. The number of alkyl halides is 1. The lowest BCUT2D eigenvalue weighted by atomic mass is 10.1. The van der Waals surface area contributed by atoms with Crippen LogP contribution in [0, 0.1) is 0 Å². The molecule has 0 bridgehead atoms. The van der Waals surface area contributed by atoms with Crippen molar-refractivity contribution in [1.82, 2.24) is 0 Å². The minimum Gasteiger partial charge on any atom is -0.465 e. The third-order valence-electron chi connectivity index (χ3n) is 1.88. The van der Waals surface area contributed by atoms with Gasteiger partial charge in [-0.2, -0.15) is 0 Å². The second-order valence-corrected chi connectivity index (χ2v) is 5.18. The third kappa shape index (κ3) is 4.32. The average molecular weight is 326 g/mol. The van der Waals surface area contributed by atoms with Crippen LogP contribution < -0.4 is 0 Å². The number of esters is 1. The largest absolute Gasteiger partial charge is 0.465 e. The molecule has 0 N–H and O–H groups in total. The van der Waals surface area contributed by atoms with Gasteiger partial charge in [-0.15, -0.1) is 0 Å². The second-order valence-electron chi connectivity index (χ2n) is 3.20. The van der Waals surface area contributed by atoms with Gasteiger partial charge in [0.2, 0.25) is 0 Å². The molecule has 1 atom stereocenters. The second kappa shape index (κ2) is 6.48. The van der Waals surface area contributed by atoms with Gasteiger partial charge in [0, 0.05) is 10.0 Å². The van der Waals surface area contributed by atoms with Gasteiger partial charge in [-0.1, -0.05) is 39.1 Å². The molecule has 1 aromatic rings. The molecule has 0 spiro atoms. The van der Waals surface area contributed by atoms with Crippen LogP contribution in [0.1, 0.15) is 12.5 Å². The lowest BCUT2D eigenvalue weighted by molar-refractivity contribution is -0.142. The van der Waals surface area contributed by atoms with Crippen molar-refractivity contribution in [3.63, 3.8) is 0 Å². The summed E-state index contributed by atoms with van der Waals surface area (Å²) in [6.07, 6.45) is 0.499. The van der Waals surface area contributed by atoms with E-state index in [0.717, 1.165) is 5.56 Å². The Kier molecular flexibility index (Phi) is 5.59. The van der Waals surface area contributed by atoms with Crippen LogP contribution in [-0.2, 0) is 16.0 Å². The van der Waals surface area contributed by atoms with E-state index < -0.39 is 0 Å². The number of carbonyl (C=O) groups excluding carboxylic acids is 1. The summed E-state index contributed by atoms with van der Waals surface area (Å²) in [7, 11) is 0. The maximum Gasteiger partial charge on any atom is 0.320 e. The molecule has 0 saturated heterocycles. The van der Waals surface area contributed by atoms with Crippen molar-refractivity contribution in [2.45, 2.75) is 18.2 Å². The van der Waals surface area contributed by atoms with E-state index in [4.69, 9.17) is 27.9 Å². The van der Waals surface area contributed by atoms with Crippen molar-refractivity contribution in [2.24, 2.45) is 0 Å². The molecular weight excluding hydrogens is 315 g/mol. The topological polar surface area (TPSA) is 26.3 Å². The van der Waals surface area contributed by atoms with Gasteiger partial charge in [-0.3, -0.25) is 4.79 Å². The molecule has 0 fully saturated rings. The molecular formula is C11H11BrCl2O2. The SMILES string of the molecule is CCOC(=O)C(Br)Cc1cc(Cl)cc(Cl)c1. The van der Waals surface area contributed by atoms with E-state index in [2.05, 4.69) is 15.9 Å². The molecule has 0 aliphatic heterocycles.